The predicted molar refractivity (Wildman–Crippen MR) is 117 cm³/mol. The molecule has 0 saturated heterocycles. The van der Waals surface area contributed by atoms with E-state index in [-0.39, 0.29) is 28.8 Å². The van der Waals surface area contributed by atoms with E-state index < -0.39 is 0 Å². The summed E-state index contributed by atoms with van der Waals surface area (Å²) in [5.74, 6) is 0.0314. The predicted octanol–water partition coefficient (Wildman–Crippen LogP) is 5.26. The van der Waals surface area contributed by atoms with E-state index >= 15 is 0 Å². The number of hydrogen-bond donors (Lipinski definition) is 0. The first-order valence-electron chi connectivity index (χ1n) is 9.42. The lowest BCUT2D eigenvalue weighted by Gasteiger charge is -2.14. The average molecular weight is 430 g/mol. The molecule has 0 atom stereocenters. The van der Waals surface area contributed by atoms with Gasteiger partial charge in [0.25, 0.3) is 0 Å². The van der Waals surface area contributed by atoms with Crippen molar-refractivity contribution in [3.05, 3.63) is 99.1 Å². The molecule has 31 heavy (non-hydrogen) atoms. The summed E-state index contributed by atoms with van der Waals surface area (Å²) in [5, 5.41) is 9.49. The monoisotopic (exact) mass is 429 g/mol. The van der Waals surface area contributed by atoms with Crippen LogP contribution < -0.4 is 9.47 Å². The van der Waals surface area contributed by atoms with Crippen LogP contribution in [0.4, 0.5) is 0 Å². The van der Waals surface area contributed by atoms with Crippen molar-refractivity contribution in [3.8, 4) is 17.6 Å². The van der Waals surface area contributed by atoms with Crippen molar-refractivity contribution in [2.24, 2.45) is 0 Å². The van der Waals surface area contributed by atoms with Gasteiger partial charge < -0.3 is 9.47 Å². The summed E-state index contributed by atoms with van der Waals surface area (Å²) in [7, 11) is 1.47. The van der Waals surface area contributed by atoms with Gasteiger partial charge in [-0.05, 0) is 29.8 Å². The Bertz CT molecular complexity index is 1250. The van der Waals surface area contributed by atoms with E-state index in [1.165, 1.54) is 13.2 Å². The quantitative estimate of drug-likeness (QED) is 0.408. The molecule has 0 N–H and O–H groups in total. The second-order valence-corrected chi connectivity index (χ2v) is 7.26. The number of hydrogen-bond acceptors (Lipinski definition) is 5. The van der Waals surface area contributed by atoms with Crippen LogP contribution in [0, 0.1) is 11.3 Å². The Kier molecular flexibility index (Phi) is 5.57. The number of methoxy groups -OCH3 is 1. The number of carbonyl (C=O) groups excluding carboxylic acids is 2. The highest BCUT2D eigenvalue weighted by Crippen LogP contribution is 2.38. The number of Topliss-reactive ketones (excluding diaryl/α,β-unsaturated/α-hetero) is 2. The van der Waals surface area contributed by atoms with Gasteiger partial charge >= 0.3 is 0 Å². The molecule has 0 saturated carbocycles. The minimum absolute atomic E-state index is 0.0796. The fraction of sp³-hybridized carbons (Fsp3) is 0.0800. The third-order valence-electron chi connectivity index (χ3n) is 4.98. The molecule has 0 aliphatic heterocycles. The standard InChI is InChI=1S/C25H16ClNO4/c1-30-22-12-15(10-20-23(28)18-8-4-5-9-19(18)24(20)29)11-21(26)25(22)31-14-17-7-3-2-6-16(17)13-27/h2-12H,14H2,1H3. The molecular weight excluding hydrogens is 414 g/mol. The minimum atomic E-state index is -0.316. The Morgan fingerprint density at radius 3 is 2.29 bits per heavy atom. The lowest BCUT2D eigenvalue weighted by atomic mass is 10.1. The lowest BCUT2D eigenvalue weighted by molar-refractivity contribution is 0.0990. The molecule has 152 valence electrons. The highest BCUT2D eigenvalue weighted by molar-refractivity contribution is 6.41. The number of fused-ring (bicyclic) bond motifs is 1. The van der Waals surface area contributed by atoms with E-state index in [9.17, 15) is 14.9 Å². The van der Waals surface area contributed by atoms with Crippen LogP contribution in [0.25, 0.3) is 6.08 Å². The highest BCUT2D eigenvalue weighted by Gasteiger charge is 2.32. The maximum absolute atomic E-state index is 12.6. The van der Waals surface area contributed by atoms with Crippen LogP contribution in [-0.2, 0) is 6.61 Å². The summed E-state index contributed by atoms with van der Waals surface area (Å²) in [6.45, 7) is 0.131. The number of halogens is 1. The van der Waals surface area contributed by atoms with Gasteiger partial charge in [-0.25, -0.2) is 0 Å². The van der Waals surface area contributed by atoms with Crippen LogP contribution in [-0.4, -0.2) is 18.7 Å². The van der Waals surface area contributed by atoms with Gasteiger partial charge in [0.1, 0.15) is 6.61 Å². The molecule has 0 bridgehead atoms. The summed E-state index contributed by atoms with van der Waals surface area (Å²) in [6.07, 6.45) is 1.51. The molecule has 0 radical (unpaired) electrons. The van der Waals surface area contributed by atoms with Gasteiger partial charge in [-0.15, -0.1) is 0 Å². The Balaban J connectivity index is 1.65. The van der Waals surface area contributed by atoms with Gasteiger partial charge in [0.15, 0.2) is 23.1 Å². The van der Waals surface area contributed by atoms with Crippen molar-refractivity contribution in [3.63, 3.8) is 0 Å². The molecule has 3 aromatic rings. The summed E-state index contributed by atoms with van der Waals surface area (Å²) >= 11 is 6.43. The van der Waals surface area contributed by atoms with Gasteiger partial charge in [-0.1, -0.05) is 54.1 Å². The van der Waals surface area contributed by atoms with Crippen LogP contribution in [0.1, 0.15) is 37.4 Å². The van der Waals surface area contributed by atoms with Gasteiger partial charge in [-0.3, -0.25) is 9.59 Å². The summed E-state index contributed by atoms with van der Waals surface area (Å²) in [6, 6.07) is 19.2. The zero-order valence-corrected chi connectivity index (χ0v) is 17.3. The maximum Gasteiger partial charge on any atom is 0.197 e. The second kappa shape index (κ2) is 8.47. The van der Waals surface area contributed by atoms with Crippen LogP contribution >= 0.6 is 11.6 Å². The maximum atomic E-state index is 12.6. The number of nitriles is 1. The van der Waals surface area contributed by atoms with Crippen molar-refractivity contribution >= 4 is 29.2 Å². The molecule has 6 heteroatoms. The molecule has 0 aromatic heterocycles. The van der Waals surface area contributed by atoms with Crippen LogP contribution in [0.15, 0.2) is 66.2 Å². The van der Waals surface area contributed by atoms with E-state index in [0.717, 1.165) is 0 Å². The zero-order valence-electron chi connectivity index (χ0n) is 16.5. The molecule has 0 unspecified atom stereocenters. The molecule has 4 rings (SSSR count). The summed E-state index contributed by atoms with van der Waals surface area (Å²) < 4.78 is 11.3. The molecule has 0 amide bonds. The number of carbonyl (C=O) groups is 2. The van der Waals surface area contributed by atoms with Gasteiger partial charge in [0.2, 0.25) is 0 Å². The lowest BCUT2D eigenvalue weighted by Crippen LogP contribution is -2.02. The van der Waals surface area contributed by atoms with Crippen molar-refractivity contribution in [1.82, 2.24) is 0 Å². The first-order chi connectivity index (χ1) is 15.0. The minimum Gasteiger partial charge on any atom is -0.493 e. The van der Waals surface area contributed by atoms with Crippen LogP contribution in [0.2, 0.25) is 5.02 Å². The third kappa shape index (κ3) is 3.81. The first kappa shape index (κ1) is 20.4. The number of nitrogens with zero attached hydrogens (tertiary/aromatic N) is 1. The van der Waals surface area contributed by atoms with Crippen LogP contribution in [0.5, 0.6) is 11.5 Å². The first-order valence-corrected chi connectivity index (χ1v) is 9.79. The highest BCUT2D eigenvalue weighted by atomic mass is 35.5. The SMILES string of the molecule is COc1cc(C=C2C(=O)c3ccccc3C2=O)cc(Cl)c1OCc1ccccc1C#N. The largest absolute Gasteiger partial charge is 0.493 e. The van der Waals surface area contributed by atoms with Crippen molar-refractivity contribution < 1.29 is 19.1 Å². The van der Waals surface area contributed by atoms with Crippen molar-refractivity contribution in [2.45, 2.75) is 6.61 Å². The second-order valence-electron chi connectivity index (χ2n) is 6.85. The fourth-order valence-electron chi connectivity index (χ4n) is 3.44. The molecule has 0 fully saturated rings. The molecule has 1 aliphatic carbocycles. The zero-order chi connectivity index (χ0) is 22.0. The van der Waals surface area contributed by atoms with Crippen molar-refractivity contribution in [2.75, 3.05) is 7.11 Å². The molecule has 0 heterocycles. The van der Waals surface area contributed by atoms with Gasteiger partial charge in [0.05, 0.1) is 29.3 Å². The Morgan fingerprint density at radius 1 is 1.00 bits per heavy atom. The van der Waals surface area contributed by atoms with E-state index in [1.54, 1.807) is 54.6 Å². The van der Waals surface area contributed by atoms with E-state index in [0.29, 0.717) is 39.3 Å². The van der Waals surface area contributed by atoms with Crippen molar-refractivity contribution in [1.29, 1.82) is 5.26 Å². The normalized spacial score (nSPS) is 12.4. The Labute approximate surface area is 184 Å². The van der Waals surface area contributed by atoms with E-state index in [2.05, 4.69) is 6.07 Å². The Morgan fingerprint density at radius 2 is 1.65 bits per heavy atom. The fourth-order valence-corrected chi connectivity index (χ4v) is 3.71. The van der Waals surface area contributed by atoms with Gasteiger partial charge in [0, 0.05) is 16.7 Å². The third-order valence-corrected chi connectivity index (χ3v) is 5.26. The van der Waals surface area contributed by atoms with E-state index in [4.69, 9.17) is 21.1 Å². The summed E-state index contributed by atoms with van der Waals surface area (Å²) in [4.78, 5) is 25.3. The number of allylic oxidation sites excluding steroid dienone is 1. The molecule has 1 aliphatic rings. The molecule has 0 spiro atoms. The average Bonchev–Trinajstić information content (AvgIpc) is 3.03. The number of ketones is 2. The van der Waals surface area contributed by atoms with Crippen LogP contribution in [0.3, 0.4) is 0 Å². The Hall–Kier alpha value is -3.88. The molecule has 5 nitrogen and oxygen atoms in total. The number of rotatable bonds is 5. The molecular formula is C25H16ClNO4. The smallest absolute Gasteiger partial charge is 0.197 e. The summed E-state index contributed by atoms with van der Waals surface area (Å²) in [5.41, 5.74) is 2.64. The van der Waals surface area contributed by atoms with Gasteiger partial charge in [-0.2, -0.15) is 5.26 Å². The number of ether oxygens (including phenoxy) is 2. The molecule has 3 aromatic carbocycles. The topological polar surface area (TPSA) is 76.4 Å². The van der Waals surface area contributed by atoms with E-state index in [1.807, 2.05) is 6.07 Å². The number of benzene rings is 3.